The van der Waals surface area contributed by atoms with Crippen molar-refractivity contribution in [1.29, 1.82) is 0 Å². The Morgan fingerprint density at radius 2 is 1.38 bits per heavy atom. The summed E-state index contributed by atoms with van der Waals surface area (Å²) in [5.74, 6) is -4.40. The van der Waals surface area contributed by atoms with Crippen LogP contribution in [0.15, 0.2) is 41.5 Å². The molecule has 2 aliphatic rings. The number of carbonyl (C=O) groups is 2. The number of benzene rings is 2. The van der Waals surface area contributed by atoms with Crippen molar-refractivity contribution in [3.8, 4) is 0 Å². The third-order valence-electron chi connectivity index (χ3n) is 9.28. The molecular formula is C34H45F2N5O11. The maximum atomic E-state index is 14.5. The summed E-state index contributed by atoms with van der Waals surface area (Å²) in [6.45, 7) is -1.62. The fourth-order valence-corrected chi connectivity index (χ4v) is 6.36. The standard InChI is InChI=1S/C34H45F2N5O11/c35-24-11-18(15-42)1-3-20(24)5-7-38-32(48)22-13-26(50-10-9-40-41-37)27(51-34-31(47)30(46)29(45)28(17-44)52-34)14-23(22)33(49)39-8-6-21-4-2-19(16-43)12-25(21)36/h1-4,11-12,22-23,26-31,34,42-47H,5-10,13-17H2,(H,38,48)(H,39,49)/t22-,23-,26-,27-,28+,29+,30-,31-,34-/m0/s1. The fraction of sp³-hybridized carbons (Fsp3) is 0.588. The fourth-order valence-electron chi connectivity index (χ4n) is 6.36. The summed E-state index contributed by atoms with van der Waals surface area (Å²) in [5.41, 5.74) is 10.0. The zero-order valence-corrected chi connectivity index (χ0v) is 28.3. The Hall–Kier alpha value is -3.81. The number of carbonyl (C=O) groups excluding carboxylic acids is 2. The Morgan fingerprint density at radius 1 is 0.846 bits per heavy atom. The van der Waals surface area contributed by atoms with E-state index in [1.807, 2.05) is 0 Å². The number of aliphatic hydroxyl groups is 6. The van der Waals surface area contributed by atoms with Crippen LogP contribution in [0, 0.1) is 23.5 Å². The molecule has 0 spiro atoms. The van der Waals surface area contributed by atoms with Gasteiger partial charge in [0.2, 0.25) is 11.8 Å². The van der Waals surface area contributed by atoms with Gasteiger partial charge in [0.05, 0.1) is 50.5 Å². The van der Waals surface area contributed by atoms with E-state index in [4.69, 9.17) is 19.7 Å². The number of azide groups is 1. The number of amides is 2. The third kappa shape index (κ3) is 10.6. The third-order valence-corrected chi connectivity index (χ3v) is 9.28. The number of hydrogen-bond donors (Lipinski definition) is 8. The van der Waals surface area contributed by atoms with Crippen LogP contribution >= 0.6 is 0 Å². The lowest BCUT2D eigenvalue weighted by Crippen LogP contribution is -2.61. The minimum Gasteiger partial charge on any atom is -0.394 e. The summed E-state index contributed by atoms with van der Waals surface area (Å²) >= 11 is 0. The van der Waals surface area contributed by atoms with Crippen LogP contribution in [0.5, 0.6) is 0 Å². The lowest BCUT2D eigenvalue weighted by Gasteiger charge is -2.44. The molecule has 2 aromatic rings. The first kappa shape index (κ1) is 41.0. The van der Waals surface area contributed by atoms with Crippen LogP contribution in [0.1, 0.15) is 35.1 Å². The molecule has 1 saturated heterocycles. The topological polar surface area (TPSA) is 256 Å². The number of ether oxygens (including phenoxy) is 3. The molecule has 8 N–H and O–H groups in total. The van der Waals surface area contributed by atoms with Gasteiger partial charge < -0.3 is 55.5 Å². The summed E-state index contributed by atoms with van der Waals surface area (Å²) < 4.78 is 46.6. The molecule has 0 unspecified atom stereocenters. The Kier molecular flexibility index (Phi) is 15.6. The maximum absolute atomic E-state index is 14.5. The lowest BCUT2D eigenvalue weighted by molar-refractivity contribution is -0.321. The van der Waals surface area contributed by atoms with Crippen LogP contribution in [0.3, 0.4) is 0 Å². The summed E-state index contributed by atoms with van der Waals surface area (Å²) in [6.07, 6.45) is -10.2. The molecule has 2 amide bonds. The highest BCUT2D eigenvalue weighted by Gasteiger charge is 2.49. The molecule has 0 aromatic heterocycles. The minimum atomic E-state index is -1.77. The van der Waals surface area contributed by atoms with Crippen LogP contribution in [-0.4, -0.2) is 118 Å². The van der Waals surface area contributed by atoms with Crippen molar-refractivity contribution in [2.24, 2.45) is 17.0 Å². The van der Waals surface area contributed by atoms with Crippen LogP contribution in [-0.2, 0) is 49.9 Å². The average Bonchev–Trinajstić information content (AvgIpc) is 3.14. The van der Waals surface area contributed by atoms with Gasteiger partial charge in [-0.15, -0.1) is 0 Å². The van der Waals surface area contributed by atoms with Crippen LogP contribution in [0.4, 0.5) is 8.78 Å². The second-order valence-electron chi connectivity index (χ2n) is 12.7. The Labute approximate surface area is 297 Å². The minimum absolute atomic E-state index is 0.00458. The molecule has 52 heavy (non-hydrogen) atoms. The number of nitrogens with zero attached hydrogens (tertiary/aromatic N) is 3. The number of hydrogen-bond acceptors (Lipinski definition) is 12. The van der Waals surface area contributed by atoms with Gasteiger partial charge in [0.25, 0.3) is 0 Å². The summed E-state index contributed by atoms with van der Waals surface area (Å²) in [6, 6.07) is 8.49. The normalized spacial score (nSPS) is 27.4. The molecule has 1 aliphatic carbocycles. The summed E-state index contributed by atoms with van der Waals surface area (Å²) in [5, 5.41) is 68.3. The van der Waals surface area contributed by atoms with Gasteiger partial charge in [-0.25, -0.2) is 8.78 Å². The van der Waals surface area contributed by atoms with Crippen molar-refractivity contribution >= 4 is 11.8 Å². The summed E-state index contributed by atoms with van der Waals surface area (Å²) in [7, 11) is 0. The van der Waals surface area contributed by atoms with Crippen molar-refractivity contribution in [3.05, 3.63) is 80.7 Å². The smallest absolute Gasteiger partial charge is 0.224 e. The van der Waals surface area contributed by atoms with Crippen molar-refractivity contribution < 1.29 is 63.2 Å². The van der Waals surface area contributed by atoms with Crippen LogP contribution < -0.4 is 10.6 Å². The van der Waals surface area contributed by atoms with Gasteiger partial charge in [0.1, 0.15) is 36.1 Å². The molecule has 2 fully saturated rings. The largest absolute Gasteiger partial charge is 0.394 e. The van der Waals surface area contributed by atoms with E-state index in [2.05, 4.69) is 20.7 Å². The van der Waals surface area contributed by atoms with Gasteiger partial charge in [0, 0.05) is 24.5 Å². The molecule has 1 aliphatic heterocycles. The highest BCUT2D eigenvalue weighted by atomic mass is 19.1. The van der Waals surface area contributed by atoms with Gasteiger partial charge in [-0.05, 0) is 65.6 Å². The van der Waals surface area contributed by atoms with Gasteiger partial charge in [-0.2, -0.15) is 0 Å². The van der Waals surface area contributed by atoms with E-state index in [0.29, 0.717) is 16.7 Å². The average molecular weight is 738 g/mol. The molecule has 4 rings (SSSR count). The van der Waals surface area contributed by atoms with Gasteiger partial charge >= 0.3 is 0 Å². The molecule has 0 radical (unpaired) electrons. The first-order valence-corrected chi connectivity index (χ1v) is 16.9. The molecule has 286 valence electrons. The quantitative estimate of drug-likeness (QED) is 0.0459. The number of aliphatic hydroxyl groups excluding tert-OH is 6. The van der Waals surface area contributed by atoms with E-state index in [9.17, 15) is 49.0 Å². The Bertz CT molecular complexity index is 1550. The van der Waals surface area contributed by atoms with E-state index >= 15 is 0 Å². The Balaban J connectivity index is 1.54. The van der Waals surface area contributed by atoms with Gasteiger partial charge in [-0.1, -0.05) is 29.4 Å². The predicted molar refractivity (Wildman–Crippen MR) is 177 cm³/mol. The van der Waals surface area contributed by atoms with E-state index in [1.54, 1.807) is 12.1 Å². The lowest BCUT2D eigenvalue weighted by atomic mass is 9.75. The van der Waals surface area contributed by atoms with Crippen molar-refractivity contribution in [1.82, 2.24) is 10.6 Å². The molecular weight excluding hydrogens is 692 g/mol. The molecule has 0 bridgehead atoms. The highest BCUT2D eigenvalue weighted by Crippen LogP contribution is 2.36. The summed E-state index contributed by atoms with van der Waals surface area (Å²) in [4.78, 5) is 30.2. The number of halogens is 2. The SMILES string of the molecule is [N-]=[N+]=NCCO[C@H]1C[C@H](C(=O)NCCc2ccc(CO)cc2F)[C@@H](C(=O)NCCc2ccc(CO)cc2F)C[C@@H]1O[C@H]1O[C@H](CO)[C@@H](O)[C@H](O)[C@@H]1O. The first-order valence-electron chi connectivity index (χ1n) is 16.9. The zero-order valence-electron chi connectivity index (χ0n) is 28.3. The Morgan fingerprint density at radius 3 is 1.87 bits per heavy atom. The van der Waals surface area contributed by atoms with Crippen LogP contribution in [0.2, 0.25) is 0 Å². The van der Waals surface area contributed by atoms with Crippen molar-refractivity contribution in [2.75, 3.05) is 32.8 Å². The highest BCUT2D eigenvalue weighted by molar-refractivity contribution is 5.88. The van der Waals surface area contributed by atoms with Gasteiger partial charge in [0.15, 0.2) is 6.29 Å². The molecule has 1 saturated carbocycles. The zero-order chi connectivity index (χ0) is 37.8. The van der Waals surface area contributed by atoms with Crippen molar-refractivity contribution in [2.45, 2.75) is 81.8 Å². The van der Waals surface area contributed by atoms with E-state index in [0.717, 1.165) is 0 Å². The number of nitrogens with one attached hydrogen (secondary N) is 2. The van der Waals surface area contributed by atoms with Gasteiger partial charge in [-0.3, -0.25) is 9.59 Å². The number of rotatable bonds is 17. The predicted octanol–water partition coefficient (Wildman–Crippen LogP) is -0.126. The van der Waals surface area contributed by atoms with E-state index in [1.165, 1.54) is 24.3 Å². The first-order chi connectivity index (χ1) is 25.0. The molecule has 18 heteroatoms. The second-order valence-corrected chi connectivity index (χ2v) is 12.7. The van der Waals surface area contributed by atoms with Crippen LogP contribution in [0.25, 0.3) is 10.4 Å². The molecule has 9 atom stereocenters. The molecule has 1 heterocycles. The maximum Gasteiger partial charge on any atom is 0.224 e. The van der Waals surface area contributed by atoms with E-state index < -0.39 is 84.8 Å². The van der Waals surface area contributed by atoms with Crippen molar-refractivity contribution in [3.63, 3.8) is 0 Å². The monoisotopic (exact) mass is 737 g/mol. The second kappa shape index (κ2) is 19.9. The molecule has 2 aromatic carbocycles. The van der Waals surface area contributed by atoms with E-state index in [-0.39, 0.29) is 70.7 Å². The molecule has 16 nitrogen and oxygen atoms in total.